The number of carboxylic acid groups (broad SMARTS) is 1. The first-order chi connectivity index (χ1) is 15.9. The molecule has 0 aliphatic heterocycles. The molecule has 0 amide bonds. The minimum Gasteiger partial charge on any atom is -0.477 e. The van der Waals surface area contributed by atoms with E-state index in [1.54, 1.807) is 18.2 Å². The minimum absolute atomic E-state index is 0.0436. The topological polar surface area (TPSA) is 59.3 Å². The third-order valence-electron chi connectivity index (χ3n) is 6.77. The van der Waals surface area contributed by atoms with Crippen LogP contribution in [0.3, 0.4) is 0 Å². The van der Waals surface area contributed by atoms with Crippen molar-refractivity contribution < 1.29 is 23.5 Å². The van der Waals surface area contributed by atoms with Crippen molar-refractivity contribution in [3.8, 4) is 0 Å². The summed E-state index contributed by atoms with van der Waals surface area (Å²) in [6.45, 7) is 1.98. The predicted molar refractivity (Wildman–Crippen MR) is 122 cm³/mol. The van der Waals surface area contributed by atoms with Gasteiger partial charge in [-0.3, -0.25) is 4.79 Å². The van der Waals surface area contributed by atoms with Gasteiger partial charge in [-0.05, 0) is 54.2 Å². The minimum atomic E-state index is -1.22. The van der Waals surface area contributed by atoms with Gasteiger partial charge in [0.1, 0.15) is 17.3 Å². The Labute approximate surface area is 189 Å². The van der Waals surface area contributed by atoms with Crippen LogP contribution in [-0.2, 0) is 11.3 Å². The van der Waals surface area contributed by atoms with Crippen molar-refractivity contribution in [2.75, 3.05) is 0 Å². The van der Waals surface area contributed by atoms with Crippen LogP contribution in [0.4, 0.5) is 8.78 Å². The molecule has 33 heavy (non-hydrogen) atoms. The Morgan fingerprint density at radius 2 is 2.00 bits per heavy atom. The molecule has 1 fully saturated rings. The van der Waals surface area contributed by atoms with Gasteiger partial charge in [0.2, 0.25) is 0 Å². The molecule has 5 rings (SSSR count). The molecule has 1 N–H and O–H groups in total. The van der Waals surface area contributed by atoms with E-state index >= 15 is 0 Å². The van der Waals surface area contributed by atoms with E-state index in [9.17, 15) is 23.5 Å². The summed E-state index contributed by atoms with van der Waals surface area (Å²) < 4.78 is 29.8. The Morgan fingerprint density at radius 1 is 1.18 bits per heavy atom. The third kappa shape index (κ3) is 3.69. The van der Waals surface area contributed by atoms with Gasteiger partial charge in [-0.2, -0.15) is 0 Å². The number of benzene rings is 2. The van der Waals surface area contributed by atoms with Crippen LogP contribution in [0, 0.1) is 17.6 Å². The standard InChI is InChI=1S/C27H23F2NO3/c1-2-15-12-20(15)16-7-10-23-21(13-16)25(19-5-3-4-6-24(19)31)26(27(32)33)30(23)14-17-11-18(28)8-9-22(17)29/h3-5,7-11,13,15,20H,2,6,12,14H2,1H3,(H,32,33)/t15-,20+/m0/s1. The van der Waals surface area contributed by atoms with Crippen molar-refractivity contribution in [2.24, 2.45) is 5.92 Å². The lowest BCUT2D eigenvalue weighted by Gasteiger charge is -2.12. The van der Waals surface area contributed by atoms with Crippen molar-refractivity contribution in [1.29, 1.82) is 0 Å². The number of hydrogen-bond acceptors (Lipinski definition) is 2. The van der Waals surface area contributed by atoms with E-state index in [-0.39, 0.29) is 30.0 Å². The number of nitrogens with zero attached hydrogens (tertiary/aromatic N) is 1. The van der Waals surface area contributed by atoms with E-state index in [0.717, 1.165) is 36.6 Å². The Kier molecular flexibility index (Phi) is 5.23. The number of aromatic nitrogens is 1. The zero-order valence-corrected chi connectivity index (χ0v) is 18.1. The van der Waals surface area contributed by atoms with Crippen LogP contribution in [0.5, 0.6) is 0 Å². The molecule has 1 saturated carbocycles. The lowest BCUT2D eigenvalue weighted by Crippen LogP contribution is -2.14. The molecule has 0 radical (unpaired) electrons. The SMILES string of the molecule is CC[C@H]1C[C@H]1c1ccc2c(c1)c(C1=CC=CCC1=O)c(C(=O)O)n2Cc1cc(F)ccc1F. The van der Waals surface area contributed by atoms with Gasteiger partial charge in [-0.1, -0.05) is 37.6 Å². The highest BCUT2D eigenvalue weighted by Crippen LogP contribution is 2.50. The molecule has 3 aromatic rings. The monoisotopic (exact) mass is 447 g/mol. The van der Waals surface area contributed by atoms with Gasteiger partial charge in [0.05, 0.1) is 6.54 Å². The van der Waals surface area contributed by atoms with Gasteiger partial charge in [0, 0.05) is 34.0 Å². The van der Waals surface area contributed by atoms with Crippen LogP contribution in [-0.4, -0.2) is 21.4 Å². The summed E-state index contributed by atoms with van der Waals surface area (Å²) in [5, 5.41) is 10.8. The van der Waals surface area contributed by atoms with Crippen molar-refractivity contribution >= 4 is 28.2 Å². The molecule has 2 aliphatic rings. The average molecular weight is 447 g/mol. The van der Waals surface area contributed by atoms with Crippen molar-refractivity contribution in [2.45, 2.75) is 38.6 Å². The molecule has 0 unspecified atom stereocenters. The first-order valence-electron chi connectivity index (χ1n) is 11.1. The second-order valence-corrected chi connectivity index (χ2v) is 8.77. The zero-order valence-electron chi connectivity index (χ0n) is 18.1. The average Bonchev–Trinajstić information content (AvgIpc) is 3.52. The largest absolute Gasteiger partial charge is 0.477 e. The summed E-state index contributed by atoms with van der Waals surface area (Å²) in [4.78, 5) is 25.3. The Morgan fingerprint density at radius 3 is 2.70 bits per heavy atom. The zero-order chi connectivity index (χ0) is 23.3. The Bertz CT molecular complexity index is 1370. The fraction of sp³-hybridized carbons (Fsp3) is 0.259. The predicted octanol–water partition coefficient (Wildman–Crippen LogP) is 6.09. The van der Waals surface area contributed by atoms with Crippen LogP contribution in [0.1, 0.15) is 59.3 Å². The van der Waals surface area contributed by atoms with Crippen LogP contribution >= 0.6 is 0 Å². The fourth-order valence-corrected chi connectivity index (χ4v) is 4.97. The molecular weight excluding hydrogens is 424 g/mol. The van der Waals surface area contributed by atoms with Gasteiger partial charge in [-0.25, -0.2) is 13.6 Å². The number of carbonyl (C=O) groups is 2. The smallest absolute Gasteiger partial charge is 0.353 e. The van der Waals surface area contributed by atoms with Gasteiger partial charge < -0.3 is 9.67 Å². The van der Waals surface area contributed by atoms with Crippen molar-refractivity contribution in [3.05, 3.63) is 88.6 Å². The highest BCUT2D eigenvalue weighted by Gasteiger charge is 2.37. The van der Waals surface area contributed by atoms with E-state index in [2.05, 4.69) is 6.92 Å². The molecule has 2 aromatic carbocycles. The van der Waals surface area contributed by atoms with E-state index in [1.165, 1.54) is 4.57 Å². The van der Waals surface area contributed by atoms with E-state index in [4.69, 9.17) is 0 Å². The van der Waals surface area contributed by atoms with Crippen molar-refractivity contribution in [1.82, 2.24) is 4.57 Å². The molecule has 2 aliphatic carbocycles. The second-order valence-electron chi connectivity index (χ2n) is 8.77. The summed E-state index contributed by atoms with van der Waals surface area (Å²) in [6.07, 6.45) is 7.47. The maximum absolute atomic E-state index is 14.5. The number of allylic oxidation sites excluding steroid dienone is 4. The number of aromatic carboxylic acids is 1. The maximum Gasteiger partial charge on any atom is 0.353 e. The Hall–Kier alpha value is -3.54. The number of fused-ring (bicyclic) bond motifs is 1. The van der Waals surface area contributed by atoms with Crippen LogP contribution in [0.2, 0.25) is 0 Å². The molecule has 168 valence electrons. The molecule has 0 bridgehead atoms. The molecule has 0 spiro atoms. The number of Topliss-reactive ketones (excluding diaryl/α,β-unsaturated/α-hetero) is 1. The molecule has 2 atom stereocenters. The summed E-state index contributed by atoms with van der Waals surface area (Å²) >= 11 is 0. The van der Waals surface area contributed by atoms with E-state index in [1.807, 2.05) is 18.2 Å². The van der Waals surface area contributed by atoms with Gasteiger partial charge in [0.25, 0.3) is 0 Å². The quantitative estimate of drug-likeness (QED) is 0.497. The number of carbonyl (C=O) groups excluding carboxylic acids is 1. The van der Waals surface area contributed by atoms with Crippen molar-refractivity contribution in [3.63, 3.8) is 0 Å². The number of ketones is 1. The molecule has 0 saturated heterocycles. The molecule has 6 heteroatoms. The molecule has 4 nitrogen and oxygen atoms in total. The fourth-order valence-electron chi connectivity index (χ4n) is 4.97. The van der Waals surface area contributed by atoms with Gasteiger partial charge >= 0.3 is 5.97 Å². The first kappa shape index (κ1) is 21.3. The molecule has 1 heterocycles. The number of halogens is 2. The summed E-state index contributed by atoms with van der Waals surface area (Å²) in [7, 11) is 0. The highest BCUT2D eigenvalue weighted by molar-refractivity contribution is 6.27. The van der Waals surface area contributed by atoms with Crippen LogP contribution < -0.4 is 0 Å². The van der Waals surface area contributed by atoms with Crippen LogP contribution in [0.15, 0.2) is 54.6 Å². The number of hydrogen-bond donors (Lipinski definition) is 1. The lowest BCUT2D eigenvalue weighted by molar-refractivity contribution is -0.113. The number of carboxylic acids is 1. The van der Waals surface area contributed by atoms with Gasteiger partial charge in [0.15, 0.2) is 5.78 Å². The first-order valence-corrected chi connectivity index (χ1v) is 11.1. The van der Waals surface area contributed by atoms with Gasteiger partial charge in [-0.15, -0.1) is 0 Å². The normalized spacial score (nSPS) is 19.7. The highest BCUT2D eigenvalue weighted by atomic mass is 19.1. The maximum atomic E-state index is 14.5. The molecule has 1 aromatic heterocycles. The second kappa shape index (κ2) is 8.10. The van der Waals surface area contributed by atoms with E-state index < -0.39 is 17.6 Å². The van der Waals surface area contributed by atoms with E-state index in [0.29, 0.717) is 33.9 Å². The number of rotatable bonds is 6. The van der Waals surface area contributed by atoms with Crippen LogP contribution in [0.25, 0.3) is 16.5 Å². The summed E-state index contributed by atoms with van der Waals surface area (Å²) in [5.41, 5.74) is 2.32. The Balaban J connectivity index is 1.77. The lowest BCUT2D eigenvalue weighted by atomic mass is 9.92. The third-order valence-corrected chi connectivity index (χ3v) is 6.77. The summed E-state index contributed by atoms with van der Waals surface area (Å²) in [5.74, 6) is -1.59. The molecular formula is C27H23F2NO3. The summed E-state index contributed by atoms with van der Waals surface area (Å²) in [6, 6.07) is 8.93.